The molecule has 1 atom stereocenters. The molecule has 0 radical (unpaired) electrons. The van der Waals surface area contributed by atoms with E-state index in [0.717, 1.165) is 29.1 Å². The summed E-state index contributed by atoms with van der Waals surface area (Å²) in [4.78, 5) is 33.7. The Morgan fingerprint density at radius 3 is 2.58 bits per heavy atom. The fourth-order valence-corrected chi connectivity index (χ4v) is 4.01. The molecule has 162 valence electrons. The lowest BCUT2D eigenvalue weighted by atomic mass is 10.1. The van der Waals surface area contributed by atoms with Crippen LogP contribution in [0.3, 0.4) is 0 Å². The van der Waals surface area contributed by atoms with Crippen molar-refractivity contribution in [2.45, 2.75) is 46.2 Å². The van der Waals surface area contributed by atoms with Gasteiger partial charge in [-0.1, -0.05) is 36.5 Å². The van der Waals surface area contributed by atoms with Crippen LogP contribution in [0.25, 0.3) is 0 Å². The van der Waals surface area contributed by atoms with E-state index in [1.807, 2.05) is 24.5 Å². The molecule has 9 heteroatoms. The van der Waals surface area contributed by atoms with E-state index in [9.17, 15) is 14.0 Å². The van der Waals surface area contributed by atoms with Crippen LogP contribution in [0.5, 0.6) is 0 Å². The van der Waals surface area contributed by atoms with Crippen LogP contribution in [0.15, 0.2) is 35.3 Å². The average Bonchev–Trinajstić information content (AvgIpc) is 3.28. The third-order valence-electron chi connectivity index (χ3n) is 5.63. The van der Waals surface area contributed by atoms with E-state index in [2.05, 4.69) is 17.0 Å². The highest BCUT2D eigenvalue weighted by molar-refractivity contribution is 6.22. The summed E-state index contributed by atoms with van der Waals surface area (Å²) in [5.74, 6) is 0.0466. The van der Waals surface area contributed by atoms with Gasteiger partial charge in [0.15, 0.2) is 0 Å². The molecule has 0 N–H and O–H groups in total. The largest absolute Gasteiger partial charge is 0.421 e. The second-order valence-electron chi connectivity index (χ2n) is 7.92. The predicted octanol–water partition coefficient (Wildman–Crippen LogP) is 2.53. The predicted molar refractivity (Wildman–Crippen MR) is 113 cm³/mol. The Hall–Kier alpha value is -3.36. The molecule has 1 aromatic heterocycles. The Morgan fingerprint density at radius 1 is 1.19 bits per heavy atom. The van der Waals surface area contributed by atoms with Crippen LogP contribution in [0.2, 0.25) is 0 Å². The molecule has 1 fully saturated rings. The first-order chi connectivity index (χ1) is 14.8. The van der Waals surface area contributed by atoms with Gasteiger partial charge in [-0.2, -0.15) is 0 Å². The normalized spacial score (nSPS) is 18.7. The van der Waals surface area contributed by atoms with Crippen LogP contribution in [0, 0.1) is 19.7 Å². The van der Waals surface area contributed by atoms with E-state index in [4.69, 9.17) is 0 Å². The summed E-state index contributed by atoms with van der Waals surface area (Å²) < 4.78 is 17.8. The van der Waals surface area contributed by atoms with Gasteiger partial charge in [-0.15, -0.1) is 9.78 Å². The SMILES string of the molecule is CCCC[N+]1=C(n2nc(C)cc2C)N=C2C1C(=O)N(Cc1ccccc1F)C(=O)N2C. The molecule has 2 aromatic rings. The number of fused-ring (bicyclic) bond motifs is 1. The summed E-state index contributed by atoms with van der Waals surface area (Å²) in [6, 6.07) is 6.83. The number of benzene rings is 1. The summed E-state index contributed by atoms with van der Waals surface area (Å²) in [7, 11) is 1.59. The van der Waals surface area contributed by atoms with Gasteiger partial charge < -0.3 is 0 Å². The molecule has 1 saturated heterocycles. The third kappa shape index (κ3) is 3.54. The van der Waals surface area contributed by atoms with Crippen molar-refractivity contribution in [2.24, 2.45) is 4.99 Å². The van der Waals surface area contributed by atoms with Gasteiger partial charge in [0, 0.05) is 12.6 Å². The van der Waals surface area contributed by atoms with Gasteiger partial charge in [-0.25, -0.2) is 13.8 Å². The number of hydrogen-bond donors (Lipinski definition) is 0. The summed E-state index contributed by atoms with van der Waals surface area (Å²) in [6.07, 6.45) is 1.78. The van der Waals surface area contributed by atoms with Crippen molar-refractivity contribution in [3.8, 4) is 0 Å². The number of nitrogens with zero attached hydrogens (tertiary/aromatic N) is 6. The summed E-state index contributed by atoms with van der Waals surface area (Å²) >= 11 is 0. The maximum atomic E-state index is 14.2. The van der Waals surface area contributed by atoms with E-state index in [1.54, 1.807) is 29.9 Å². The van der Waals surface area contributed by atoms with Gasteiger partial charge in [0.2, 0.25) is 11.9 Å². The quantitative estimate of drug-likeness (QED) is 0.691. The molecule has 0 spiro atoms. The standard InChI is InChI=1S/C22H26FN6O2/c1-5-6-11-27-18-19(24-21(27)29-15(3)12-14(2)25-29)26(4)22(31)28(20(18)30)13-16-9-7-8-10-17(16)23/h7-10,12,18H,5-6,11,13H2,1-4H3/q+1. The minimum absolute atomic E-state index is 0.130. The highest BCUT2D eigenvalue weighted by Crippen LogP contribution is 2.23. The smallest absolute Gasteiger partial charge is 0.270 e. The van der Waals surface area contributed by atoms with Gasteiger partial charge in [0.05, 0.1) is 18.8 Å². The molecule has 0 bridgehead atoms. The molecule has 8 nitrogen and oxygen atoms in total. The van der Waals surface area contributed by atoms with E-state index < -0.39 is 23.8 Å². The van der Waals surface area contributed by atoms with Gasteiger partial charge in [-0.05, 0) is 32.4 Å². The monoisotopic (exact) mass is 425 g/mol. The number of imide groups is 1. The minimum Gasteiger partial charge on any atom is -0.270 e. The van der Waals surface area contributed by atoms with Crippen LogP contribution in [-0.2, 0) is 11.3 Å². The highest BCUT2D eigenvalue weighted by Gasteiger charge is 2.53. The van der Waals surface area contributed by atoms with Crippen molar-refractivity contribution in [3.63, 3.8) is 0 Å². The zero-order chi connectivity index (χ0) is 22.3. The number of carbonyl (C=O) groups is 2. The van der Waals surface area contributed by atoms with Crippen molar-refractivity contribution >= 4 is 23.7 Å². The van der Waals surface area contributed by atoms with E-state index >= 15 is 0 Å². The summed E-state index contributed by atoms with van der Waals surface area (Å²) in [5, 5.41) is 4.53. The van der Waals surface area contributed by atoms with E-state index in [1.165, 1.54) is 11.0 Å². The average molecular weight is 425 g/mol. The molecule has 0 saturated carbocycles. The Kier molecular flexibility index (Phi) is 5.43. The molecule has 2 aliphatic heterocycles. The number of halogens is 1. The van der Waals surface area contributed by atoms with Crippen LogP contribution in [0.4, 0.5) is 9.18 Å². The number of urea groups is 1. The molecule has 2 aliphatic rings. The first kappa shape index (κ1) is 20.9. The first-order valence-corrected chi connectivity index (χ1v) is 10.4. The fraction of sp³-hybridized carbons (Fsp3) is 0.409. The molecule has 4 rings (SSSR count). The van der Waals surface area contributed by atoms with E-state index in [0.29, 0.717) is 23.9 Å². The number of unbranched alkanes of at least 4 members (excludes halogenated alkanes) is 1. The highest BCUT2D eigenvalue weighted by atomic mass is 19.1. The Labute approximate surface area is 180 Å². The lowest BCUT2D eigenvalue weighted by molar-refractivity contribution is -0.538. The van der Waals surface area contributed by atoms with Crippen molar-refractivity contribution in [1.82, 2.24) is 19.6 Å². The van der Waals surface area contributed by atoms with Crippen LogP contribution in [0.1, 0.15) is 36.7 Å². The number of aromatic nitrogens is 2. The Balaban J connectivity index is 1.77. The number of aryl methyl sites for hydroxylation is 2. The number of amidine groups is 1. The van der Waals surface area contributed by atoms with Gasteiger partial charge in [0.25, 0.3) is 5.91 Å². The molecule has 0 aliphatic carbocycles. The zero-order valence-electron chi connectivity index (χ0n) is 18.2. The van der Waals surface area contributed by atoms with Crippen molar-refractivity contribution < 1.29 is 18.6 Å². The van der Waals surface area contributed by atoms with Crippen molar-refractivity contribution in [3.05, 3.63) is 53.1 Å². The van der Waals surface area contributed by atoms with Crippen molar-refractivity contribution in [2.75, 3.05) is 13.6 Å². The van der Waals surface area contributed by atoms with Gasteiger partial charge >= 0.3 is 12.0 Å². The number of hydrogen-bond acceptors (Lipinski definition) is 4. The maximum absolute atomic E-state index is 14.2. The number of aliphatic imine (C=N–C) groups is 1. The number of amides is 3. The van der Waals surface area contributed by atoms with Crippen molar-refractivity contribution in [1.29, 1.82) is 0 Å². The van der Waals surface area contributed by atoms with Gasteiger partial charge in [0.1, 0.15) is 11.5 Å². The number of rotatable bonds is 5. The van der Waals surface area contributed by atoms with Crippen LogP contribution >= 0.6 is 0 Å². The lowest BCUT2D eigenvalue weighted by Gasteiger charge is -2.34. The van der Waals surface area contributed by atoms with Crippen LogP contribution < -0.4 is 0 Å². The fourth-order valence-electron chi connectivity index (χ4n) is 4.01. The molecular formula is C22H26FN6O2+. The topological polar surface area (TPSA) is 73.8 Å². The summed E-state index contributed by atoms with van der Waals surface area (Å²) in [5.41, 5.74) is 2.02. The molecule has 1 unspecified atom stereocenters. The third-order valence-corrected chi connectivity index (χ3v) is 5.63. The lowest BCUT2D eigenvalue weighted by Crippen LogP contribution is -2.62. The minimum atomic E-state index is -0.750. The molecule has 3 heterocycles. The van der Waals surface area contributed by atoms with Gasteiger partial charge in [-0.3, -0.25) is 14.6 Å². The maximum Gasteiger partial charge on any atom is 0.421 e. The second kappa shape index (κ2) is 8.05. The molecule has 1 aromatic carbocycles. The Bertz CT molecular complexity index is 1120. The Morgan fingerprint density at radius 2 is 1.94 bits per heavy atom. The summed E-state index contributed by atoms with van der Waals surface area (Å²) in [6.45, 7) is 6.35. The van der Waals surface area contributed by atoms with Crippen LogP contribution in [-0.4, -0.2) is 67.5 Å². The zero-order valence-corrected chi connectivity index (χ0v) is 18.2. The van der Waals surface area contributed by atoms with E-state index in [-0.39, 0.29) is 6.54 Å². The molecule has 31 heavy (non-hydrogen) atoms. The number of likely N-dealkylation sites (N-methyl/N-ethyl adjacent to an activating group) is 1. The molecular weight excluding hydrogens is 399 g/mol. The first-order valence-electron chi connectivity index (χ1n) is 10.4. The molecule has 3 amide bonds. The second-order valence-corrected chi connectivity index (χ2v) is 7.92. The number of carbonyl (C=O) groups excluding carboxylic acids is 2.